The average Bonchev–Trinajstić information content (AvgIpc) is 3.21. The first-order chi connectivity index (χ1) is 13.2. The molecule has 1 aliphatic rings. The fraction of sp³-hybridized carbons (Fsp3) is 0.318. The number of aryl methyl sites for hydroxylation is 1. The van der Waals surface area contributed by atoms with Crippen molar-refractivity contribution in [2.75, 3.05) is 13.2 Å². The van der Waals surface area contributed by atoms with Crippen LogP contribution in [0.15, 0.2) is 54.7 Å². The Bertz CT molecular complexity index is 937. The standard InChI is InChI=1S/C22H23N3O2/c1-16-13-21(24-20-10-3-2-9-19(16)20)22(26)25(15-18-8-6-12-27-18)14-17-7-4-5-11-23-17/h2-5,7,9-11,13,18H,6,8,12,14-15H2,1H3/t18-/m0/s1. The van der Waals surface area contributed by atoms with Gasteiger partial charge in [0, 0.05) is 24.7 Å². The number of hydrogen-bond acceptors (Lipinski definition) is 4. The Kier molecular flexibility index (Phi) is 5.12. The second-order valence-electron chi connectivity index (χ2n) is 6.98. The molecule has 1 fully saturated rings. The Hall–Kier alpha value is -2.79. The van der Waals surface area contributed by atoms with Gasteiger partial charge in [0.05, 0.1) is 23.9 Å². The molecule has 1 aromatic carbocycles. The maximum Gasteiger partial charge on any atom is 0.272 e. The van der Waals surface area contributed by atoms with Gasteiger partial charge in [-0.05, 0) is 49.6 Å². The zero-order chi connectivity index (χ0) is 18.6. The molecule has 0 N–H and O–H groups in total. The van der Waals surface area contributed by atoms with E-state index >= 15 is 0 Å². The molecule has 0 bridgehead atoms. The first kappa shape index (κ1) is 17.6. The second-order valence-corrected chi connectivity index (χ2v) is 6.98. The molecule has 1 aliphatic heterocycles. The van der Waals surface area contributed by atoms with Gasteiger partial charge in [0.15, 0.2) is 0 Å². The number of ether oxygens (including phenoxy) is 1. The molecule has 0 unspecified atom stereocenters. The fourth-order valence-electron chi connectivity index (χ4n) is 3.56. The van der Waals surface area contributed by atoms with Gasteiger partial charge in [-0.1, -0.05) is 24.3 Å². The predicted octanol–water partition coefficient (Wildman–Crippen LogP) is 3.76. The van der Waals surface area contributed by atoms with Crippen molar-refractivity contribution in [1.82, 2.24) is 14.9 Å². The number of benzene rings is 1. The summed E-state index contributed by atoms with van der Waals surface area (Å²) in [5, 5.41) is 1.07. The lowest BCUT2D eigenvalue weighted by Crippen LogP contribution is -2.37. The second kappa shape index (κ2) is 7.84. The van der Waals surface area contributed by atoms with Gasteiger partial charge >= 0.3 is 0 Å². The third kappa shape index (κ3) is 3.98. The molecular formula is C22H23N3O2. The maximum absolute atomic E-state index is 13.3. The molecule has 0 radical (unpaired) electrons. The normalized spacial score (nSPS) is 16.6. The summed E-state index contributed by atoms with van der Waals surface area (Å²) in [5.74, 6) is -0.0787. The van der Waals surface area contributed by atoms with Crippen LogP contribution in [0.4, 0.5) is 0 Å². The van der Waals surface area contributed by atoms with Crippen molar-refractivity contribution in [2.24, 2.45) is 0 Å². The van der Waals surface area contributed by atoms with Gasteiger partial charge < -0.3 is 9.64 Å². The topological polar surface area (TPSA) is 55.3 Å². The Labute approximate surface area is 159 Å². The number of hydrogen-bond donors (Lipinski definition) is 0. The highest BCUT2D eigenvalue weighted by molar-refractivity contribution is 5.96. The van der Waals surface area contributed by atoms with Crippen LogP contribution in [0, 0.1) is 6.92 Å². The van der Waals surface area contributed by atoms with Gasteiger partial charge in [-0.2, -0.15) is 0 Å². The van der Waals surface area contributed by atoms with Crippen LogP contribution in [0.5, 0.6) is 0 Å². The van der Waals surface area contributed by atoms with Crippen LogP contribution in [0.2, 0.25) is 0 Å². The summed E-state index contributed by atoms with van der Waals surface area (Å²) in [7, 11) is 0. The number of pyridine rings is 2. The van der Waals surface area contributed by atoms with E-state index in [1.165, 1.54) is 0 Å². The highest BCUT2D eigenvalue weighted by Gasteiger charge is 2.25. The van der Waals surface area contributed by atoms with Crippen LogP contribution >= 0.6 is 0 Å². The number of carbonyl (C=O) groups is 1. The Balaban J connectivity index is 1.64. The van der Waals surface area contributed by atoms with Crippen molar-refractivity contribution < 1.29 is 9.53 Å². The average molecular weight is 361 g/mol. The Morgan fingerprint density at radius 3 is 2.85 bits per heavy atom. The van der Waals surface area contributed by atoms with E-state index < -0.39 is 0 Å². The van der Waals surface area contributed by atoms with Gasteiger partial charge in [0.25, 0.3) is 5.91 Å². The van der Waals surface area contributed by atoms with E-state index in [1.807, 2.05) is 60.4 Å². The first-order valence-corrected chi connectivity index (χ1v) is 9.38. The number of nitrogens with zero attached hydrogens (tertiary/aromatic N) is 3. The molecule has 1 saturated heterocycles. The minimum absolute atomic E-state index is 0.0787. The van der Waals surface area contributed by atoms with Crippen LogP contribution in [0.3, 0.4) is 0 Å². The summed E-state index contributed by atoms with van der Waals surface area (Å²) in [6, 6.07) is 15.6. The van der Waals surface area contributed by atoms with Gasteiger partial charge in [-0.3, -0.25) is 9.78 Å². The zero-order valence-electron chi connectivity index (χ0n) is 15.5. The molecule has 27 heavy (non-hydrogen) atoms. The number of carbonyl (C=O) groups excluding carboxylic acids is 1. The molecule has 4 rings (SSSR count). The quantitative estimate of drug-likeness (QED) is 0.694. The molecule has 2 aromatic heterocycles. The number of aromatic nitrogens is 2. The summed E-state index contributed by atoms with van der Waals surface area (Å²) in [6.07, 6.45) is 3.86. The molecule has 0 spiro atoms. The van der Waals surface area contributed by atoms with Crippen LogP contribution in [-0.2, 0) is 11.3 Å². The first-order valence-electron chi connectivity index (χ1n) is 9.38. The summed E-state index contributed by atoms with van der Waals surface area (Å²) >= 11 is 0. The van der Waals surface area contributed by atoms with E-state index in [-0.39, 0.29) is 12.0 Å². The number of para-hydroxylation sites is 1. The highest BCUT2D eigenvalue weighted by atomic mass is 16.5. The minimum atomic E-state index is -0.0787. The molecular weight excluding hydrogens is 338 g/mol. The molecule has 5 nitrogen and oxygen atoms in total. The minimum Gasteiger partial charge on any atom is -0.376 e. The predicted molar refractivity (Wildman–Crippen MR) is 104 cm³/mol. The van der Waals surface area contributed by atoms with Gasteiger partial charge in [0.2, 0.25) is 0 Å². The molecule has 138 valence electrons. The fourth-order valence-corrected chi connectivity index (χ4v) is 3.56. The zero-order valence-corrected chi connectivity index (χ0v) is 15.5. The van der Waals surface area contributed by atoms with Gasteiger partial charge in [0.1, 0.15) is 5.69 Å². The summed E-state index contributed by atoms with van der Waals surface area (Å²) in [5.41, 5.74) is 3.23. The van der Waals surface area contributed by atoms with Crippen LogP contribution < -0.4 is 0 Å². The van der Waals surface area contributed by atoms with Crippen molar-refractivity contribution in [3.05, 3.63) is 71.7 Å². The summed E-state index contributed by atoms with van der Waals surface area (Å²) in [4.78, 5) is 24.1. The number of rotatable bonds is 5. The van der Waals surface area contributed by atoms with E-state index in [4.69, 9.17) is 4.74 Å². The molecule has 0 aliphatic carbocycles. The molecule has 1 atom stereocenters. The molecule has 3 aromatic rings. The van der Waals surface area contributed by atoms with E-state index in [9.17, 15) is 4.79 Å². The lowest BCUT2D eigenvalue weighted by atomic mass is 10.1. The van der Waals surface area contributed by atoms with E-state index in [0.29, 0.717) is 18.8 Å². The lowest BCUT2D eigenvalue weighted by Gasteiger charge is -2.25. The monoisotopic (exact) mass is 361 g/mol. The van der Waals surface area contributed by atoms with Crippen molar-refractivity contribution in [1.29, 1.82) is 0 Å². The largest absolute Gasteiger partial charge is 0.376 e. The van der Waals surface area contributed by atoms with E-state index in [0.717, 1.165) is 41.6 Å². The van der Waals surface area contributed by atoms with Gasteiger partial charge in [-0.15, -0.1) is 0 Å². The third-order valence-electron chi connectivity index (χ3n) is 4.96. The summed E-state index contributed by atoms with van der Waals surface area (Å²) in [6.45, 7) is 3.80. The smallest absolute Gasteiger partial charge is 0.272 e. The Morgan fingerprint density at radius 1 is 1.22 bits per heavy atom. The lowest BCUT2D eigenvalue weighted by molar-refractivity contribution is 0.0500. The van der Waals surface area contributed by atoms with Crippen LogP contribution in [0.1, 0.15) is 34.6 Å². The summed E-state index contributed by atoms with van der Waals surface area (Å²) < 4.78 is 5.77. The number of amides is 1. The SMILES string of the molecule is Cc1cc(C(=O)N(Cc2ccccn2)C[C@@H]2CCCO2)nc2ccccc12. The maximum atomic E-state index is 13.3. The van der Waals surface area contributed by atoms with E-state index in [1.54, 1.807) is 6.20 Å². The molecule has 5 heteroatoms. The number of fused-ring (bicyclic) bond motifs is 1. The van der Waals surface area contributed by atoms with Crippen LogP contribution in [-0.4, -0.2) is 40.0 Å². The van der Waals surface area contributed by atoms with Crippen LogP contribution in [0.25, 0.3) is 10.9 Å². The highest BCUT2D eigenvalue weighted by Crippen LogP contribution is 2.20. The third-order valence-corrected chi connectivity index (χ3v) is 4.96. The Morgan fingerprint density at radius 2 is 2.07 bits per heavy atom. The van der Waals surface area contributed by atoms with Crippen molar-refractivity contribution in [3.8, 4) is 0 Å². The molecule has 3 heterocycles. The van der Waals surface area contributed by atoms with E-state index in [2.05, 4.69) is 9.97 Å². The molecule has 0 saturated carbocycles. The molecule has 1 amide bonds. The van der Waals surface area contributed by atoms with Gasteiger partial charge in [-0.25, -0.2) is 4.98 Å². The van der Waals surface area contributed by atoms with Crippen molar-refractivity contribution in [3.63, 3.8) is 0 Å². The van der Waals surface area contributed by atoms with Crippen molar-refractivity contribution in [2.45, 2.75) is 32.4 Å². The van der Waals surface area contributed by atoms with Crippen molar-refractivity contribution >= 4 is 16.8 Å².